The predicted octanol–water partition coefficient (Wildman–Crippen LogP) is 3.89. The molecule has 2 aromatic rings. The summed E-state index contributed by atoms with van der Waals surface area (Å²) in [5.74, 6) is 1.87. The van der Waals surface area contributed by atoms with Gasteiger partial charge < -0.3 is 9.47 Å². The lowest BCUT2D eigenvalue weighted by Crippen LogP contribution is -1.97. The molecule has 1 aromatic heterocycles. The Bertz CT molecular complexity index is 597. The lowest BCUT2D eigenvalue weighted by Gasteiger charge is -2.10. The Morgan fingerprint density at radius 1 is 1.16 bits per heavy atom. The Labute approximate surface area is 124 Å². The van der Waals surface area contributed by atoms with Crippen LogP contribution in [0.5, 0.6) is 11.5 Å². The Morgan fingerprint density at radius 2 is 1.89 bits per heavy atom. The highest BCUT2D eigenvalue weighted by molar-refractivity contribution is 9.10. The van der Waals surface area contributed by atoms with Gasteiger partial charge in [-0.1, -0.05) is 11.6 Å². The van der Waals surface area contributed by atoms with Gasteiger partial charge in [0.1, 0.15) is 16.7 Å². The summed E-state index contributed by atoms with van der Waals surface area (Å²) in [6.45, 7) is 1.85. The molecule has 4 nitrogen and oxygen atoms in total. The van der Waals surface area contributed by atoms with Gasteiger partial charge in [0, 0.05) is 0 Å². The van der Waals surface area contributed by atoms with E-state index in [-0.39, 0.29) is 0 Å². The molecule has 6 heteroatoms. The summed E-state index contributed by atoms with van der Waals surface area (Å²) in [4.78, 5) is 8.67. The molecule has 0 unspecified atom stereocenters. The molecule has 0 aliphatic carbocycles. The summed E-state index contributed by atoms with van der Waals surface area (Å²) in [6, 6.07) is 5.44. The average molecular weight is 344 g/mol. The van der Waals surface area contributed by atoms with Crippen LogP contribution < -0.4 is 9.47 Å². The van der Waals surface area contributed by atoms with E-state index in [0.717, 1.165) is 11.3 Å². The van der Waals surface area contributed by atoms with E-state index in [1.54, 1.807) is 14.2 Å². The molecule has 0 bridgehead atoms. The molecule has 2 rings (SSSR count). The lowest BCUT2D eigenvalue weighted by atomic mass is 10.1. The van der Waals surface area contributed by atoms with Crippen molar-refractivity contribution in [3.05, 3.63) is 33.5 Å². The maximum absolute atomic E-state index is 6.07. The smallest absolute Gasteiger partial charge is 0.165 e. The average Bonchev–Trinajstić information content (AvgIpc) is 2.43. The van der Waals surface area contributed by atoms with E-state index < -0.39 is 0 Å². The highest BCUT2D eigenvalue weighted by atomic mass is 79.9. The third kappa shape index (κ3) is 2.82. The van der Waals surface area contributed by atoms with Gasteiger partial charge in [-0.25, -0.2) is 9.97 Å². The van der Waals surface area contributed by atoms with Crippen LogP contribution >= 0.6 is 27.5 Å². The van der Waals surface area contributed by atoms with Crippen molar-refractivity contribution >= 4 is 27.5 Å². The lowest BCUT2D eigenvalue weighted by molar-refractivity contribution is 0.404. The van der Waals surface area contributed by atoms with E-state index in [2.05, 4.69) is 25.9 Å². The summed E-state index contributed by atoms with van der Waals surface area (Å²) < 4.78 is 11.2. The van der Waals surface area contributed by atoms with Gasteiger partial charge in [0.15, 0.2) is 5.82 Å². The zero-order valence-electron chi connectivity index (χ0n) is 10.7. The van der Waals surface area contributed by atoms with Crippen LogP contribution in [0.2, 0.25) is 5.15 Å². The van der Waals surface area contributed by atoms with Gasteiger partial charge in [-0.2, -0.15) is 0 Å². The Balaban J connectivity index is 2.63. The third-order valence-corrected chi connectivity index (χ3v) is 4.08. The normalized spacial score (nSPS) is 10.4. The van der Waals surface area contributed by atoms with E-state index in [9.17, 15) is 0 Å². The van der Waals surface area contributed by atoms with Crippen LogP contribution in [0.15, 0.2) is 22.7 Å². The van der Waals surface area contributed by atoms with Crippen molar-refractivity contribution in [2.75, 3.05) is 14.2 Å². The predicted molar refractivity (Wildman–Crippen MR) is 78.0 cm³/mol. The maximum Gasteiger partial charge on any atom is 0.165 e. The van der Waals surface area contributed by atoms with Gasteiger partial charge in [-0.15, -0.1) is 0 Å². The van der Waals surface area contributed by atoms with Crippen molar-refractivity contribution in [2.24, 2.45) is 0 Å². The highest BCUT2D eigenvalue weighted by Gasteiger charge is 2.14. The molecule has 0 amide bonds. The number of rotatable bonds is 3. The van der Waals surface area contributed by atoms with E-state index in [1.165, 1.54) is 0 Å². The number of aryl methyl sites for hydroxylation is 1. The summed E-state index contributed by atoms with van der Waals surface area (Å²) in [5.41, 5.74) is 1.50. The molecule has 0 fully saturated rings. The number of benzene rings is 1. The first-order valence-corrected chi connectivity index (χ1v) is 6.66. The van der Waals surface area contributed by atoms with Crippen LogP contribution in [-0.2, 0) is 0 Å². The van der Waals surface area contributed by atoms with Crippen LogP contribution in [-0.4, -0.2) is 24.2 Å². The molecule has 0 N–H and O–H groups in total. The molecule has 1 aromatic carbocycles. The molecule has 0 aliphatic heterocycles. The van der Waals surface area contributed by atoms with Crippen LogP contribution in [0.25, 0.3) is 11.4 Å². The first-order chi connectivity index (χ1) is 9.06. The monoisotopic (exact) mass is 342 g/mol. The Kier molecular flexibility index (Phi) is 4.27. The standard InChI is InChI=1S/C13H12BrClN2O2/c1-7-11(14)12(15)17-13(16-7)9-6-8(18-2)4-5-10(9)19-3/h4-6H,1-3H3. The molecule has 0 spiro atoms. The molecule has 19 heavy (non-hydrogen) atoms. The summed E-state index contributed by atoms with van der Waals surface area (Å²) >= 11 is 9.40. The molecule has 0 atom stereocenters. The Hall–Kier alpha value is -1.33. The number of methoxy groups -OCH3 is 2. The quantitative estimate of drug-likeness (QED) is 0.793. The minimum atomic E-state index is 0.368. The molecule has 0 saturated heterocycles. The second-order valence-corrected chi connectivity index (χ2v) is 4.95. The van der Waals surface area contributed by atoms with Crippen molar-refractivity contribution in [3.8, 4) is 22.9 Å². The van der Waals surface area contributed by atoms with Crippen LogP contribution in [0, 0.1) is 6.92 Å². The van der Waals surface area contributed by atoms with Gasteiger partial charge in [0.2, 0.25) is 0 Å². The van der Waals surface area contributed by atoms with Crippen LogP contribution in [0.3, 0.4) is 0 Å². The van der Waals surface area contributed by atoms with E-state index in [0.29, 0.717) is 26.9 Å². The van der Waals surface area contributed by atoms with Crippen molar-refractivity contribution in [1.29, 1.82) is 0 Å². The molecule has 0 radical (unpaired) electrons. The fourth-order valence-electron chi connectivity index (χ4n) is 1.63. The van der Waals surface area contributed by atoms with E-state index in [4.69, 9.17) is 21.1 Å². The van der Waals surface area contributed by atoms with Gasteiger partial charge >= 0.3 is 0 Å². The number of nitrogens with zero attached hydrogens (tertiary/aromatic N) is 2. The number of aromatic nitrogens is 2. The van der Waals surface area contributed by atoms with Crippen molar-refractivity contribution in [2.45, 2.75) is 6.92 Å². The fourth-order valence-corrected chi connectivity index (χ4v) is 2.03. The van der Waals surface area contributed by atoms with Gasteiger partial charge in [0.25, 0.3) is 0 Å². The molecular weight excluding hydrogens is 332 g/mol. The van der Waals surface area contributed by atoms with Gasteiger partial charge in [0.05, 0.1) is 29.9 Å². The minimum absolute atomic E-state index is 0.368. The van der Waals surface area contributed by atoms with Crippen LogP contribution in [0.4, 0.5) is 0 Å². The van der Waals surface area contributed by atoms with Gasteiger partial charge in [-0.3, -0.25) is 0 Å². The van der Waals surface area contributed by atoms with Crippen molar-refractivity contribution < 1.29 is 9.47 Å². The van der Waals surface area contributed by atoms with E-state index >= 15 is 0 Å². The molecule has 1 heterocycles. The van der Waals surface area contributed by atoms with Gasteiger partial charge in [-0.05, 0) is 41.1 Å². The number of hydrogen-bond acceptors (Lipinski definition) is 4. The fraction of sp³-hybridized carbons (Fsp3) is 0.231. The summed E-state index contributed by atoms with van der Waals surface area (Å²) in [7, 11) is 3.20. The highest BCUT2D eigenvalue weighted by Crippen LogP contribution is 2.33. The summed E-state index contributed by atoms with van der Waals surface area (Å²) in [6.07, 6.45) is 0. The molecular formula is C13H12BrClN2O2. The Morgan fingerprint density at radius 3 is 2.47 bits per heavy atom. The van der Waals surface area contributed by atoms with Crippen molar-refractivity contribution in [3.63, 3.8) is 0 Å². The number of hydrogen-bond donors (Lipinski definition) is 0. The second-order valence-electron chi connectivity index (χ2n) is 3.80. The van der Waals surface area contributed by atoms with Crippen molar-refractivity contribution in [1.82, 2.24) is 9.97 Å². The largest absolute Gasteiger partial charge is 0.497 e. The first kappa shape index (κ1) is 14.1. The molecule has 100 valence electrons. The first-order valence-electron chi connectivity index (χ1n) is 5.49. The SMILES string of the molecule is COc1ccc(OC)c(-c2nc(C)c(Br)c(Cl)n2)c1. The zero-order valence-corrected chi connectivity index (χ0v) is 13.0. The minimum Gasteiger partial charge on any atom is -0.497 e. The number of ether oxygens (including phenoxy) is 2. The summed E-state index contributed by atoms with van der Waals surface area (Å²) in [5, 5.41) is 0.368. The zero-order chi connectivity index (χ0) is 14.0. The maximum atomic E-state index is 6.07. The third-order valence-electron chi connectivity index (χ3n) is 2.62. The van der Waals surface area contributed by atoms with Crippen LogP contribution in [0.1, 0.15) is 5.69 Å². The van der Waals surface area contributed by atoms with E-state index in [1.807, 2.05) is 25.1 Å². The second kappa shape index (κ2) is 5.75. The molecule has 0 saturated carbocycles. The number of halogens is 2. The topological polar surface area (TPSA) is 44.2 Å². The molecule has 0 aliphatic rings.